The Labute approximate surface area is 116 Å². The van der Waals surface area contributed by atoms with E-state index in [2.05, 4.69) is 0 Å². The fraction of sp³-hybridized carbons (Fsp3) is 0.222. The van der Waals surface area contributed by atoms with Crippen LogP contribution in [0.15, 0.2) is 17.0 Å². The normalized spacial score (nSPS) is 12.8. The van der Waals surface area contributed by atoms with E-state index in [1.54, 1.807) is 0 Å². The predicted molar refractivity (Wildman–Crippen MR) is 65.4 cm³/mol. The van der Waals surface area contributed by atoms with E-state index in [0.29, 0.717) is 12.1 Å². The molecule has 0 aliphatic carbocycles. The number of amides is 1. The van der Waals surface area contributed by atoms with Crippen molar-refractivity contribution in [3.63, 3.8) is 0 Å². The molecule has 1 amide bonds. The predicted octanol–water partition coefficient (Wildman–Crippen LogP) is 0.914. The number of carbonyl (C=O) groups excluding carboxylic acids is 1. The Bertz CT molecular complexity index is 677. The monoisotopic (exact) mass is 326 g/mol. The van der Waals surface area contributed by atoms with Gasteiger partial charge in [0.1, 0.15) is 4.90 Å². The first-order valence-electron chi connectivity index (χ1n) is 4.92. The van der Waals surface area contributed by atoms with Crippen molar-refractivity contribution in [3.8, 4) is 5.75 Å². The van der Waals surface area contributed by atoms with Gasteiger partial charge >= 0.3 is 0 Å². The number of benzene rings is 1. The summed E-state index contributed by atoms with van der Waals surface area (Å²) >= 11 is 0. The summed E-state index contributed by atoms with van der Waals surface area (Å²) in [7, 11) is 0.529. The van der Waals surface area contributed by atoms with Crippen molar-refractivity contribution in [1.29, 1.82) is 0 Å². The second-order valence-electron chi connectivity index (χ2n) is 3.61. The van der Waals surface area contributed by atoms with Crippen LogP contribution in [0.2, 0.25) is 0 Å². The smallest absolute Gasteiger partial charge is 0.273 e. The molecule has 1 atom stereocenters. The lowest BCUT2D eigenvalue weighted by Crippen LogP contribution is -2.31. The van der Waals surface area contributed by atoms with Crippen molar-refractivity contribution in [3.05, 3.63) is 28.1 Å². The van der Waals surface area contributed by atoms with Crippen LogP contribution in [0.1, 0.15) is 6.92 Å². The van der Waals surface area contributed by atoms with E-state index < -0.39 is 48.1 Å². The summed E-state index contributed by atoms with van der Waals surface area (Å²) < 4.78 is 41.1. The van der Waals surface area contributed by atoms with Crippen LogP contribution in [-0.4, -0.2) is 25.4 Å². The number of non-ortho nitro benzene ring substituents is 1. The number of primary amides is 1. The first-order valence-corrected chi connectivity index (χ1v) is 7.23. The fourth-order valence-electron chi connectivity index (χ4n) is 1.19. The standard InChI is InChI=1S/C9H8ClFN2O6S/c1-4(9(12)14)19-8-6(11)2-5(13(15)16)3-7(8)20(10,17)18/h2-4H,1H3,(H2,12,14). The molecule has 0 fully saturated rings. The van der Waals surface area contributed by atoms with E-state index >= 15 is 0 Å². The van der Waals surface area contributed by atoms with Gasteiger partial charge in [-0.05, 0) is 6.92 Å². The third-order valence-electron chi connectivity index (χ3n) is 2.16. The van der Waals surface area contributed by atoms with Gasteiger partial charge in [0, 0.05) is 16.7 Å². The van der Waals surface area contributed by atoms with Crippen LogP contribution in [0, 0.1) is 15.9 Å². The number of nitro groups is 1. The van der Waals surface area contributed by atoms with Crippen LogP contribution in [-0.2, 0) is 13.8 Å². The van der Waals surface area contributed by atoms with Gasteiger partial charge in [-0.3, -0.25) is 14.9 Å². The van der Waals surface area contributed by atoms with Gasteiger partial charge in [-0.25, -0.2) is 12.8 Å². The molecule has 0 saturated heterocycles. The van der Waals surface area contributed by atoms with Gasteiger partial charge in [-0.2, -0.15) is 0 Å². The Morgan fingerprint density at radius 1 is 1.55 bits per heavy atom. The Hall–Kier alpha value is -1.94. The van der Waals surface area contributed by atoms with E-state index in [4.69, 9.17) is 21.2 Å². The molecular weight excluding hydrogens is 319 g/mol. The van der Waals surface area contributed by atoms with Crippen LogP contribution < -0.4 is 10.5 Å². The van der Waals surface area contributed by atoms with Crippen LogP contribution >= 0.6 is 10.7 Å². The first-order chi connectivity index (χ1) is 9.04. The van der Waals surface area contributed by atoms with Crippen molar-refractivity contribution in [2.75, 3.05) is 0 Å². The molecule has 8 nitrogen and oxygen atoms in total. The van der Waals surface area contributed by atoms with E-state index in [1.165, 1.54) is 0 Å². The fourth-order valence-corrected chi connectivity index (χ4v) is 2.16. The van der Waals surface area contributed by atoms with Crippen LogP contribution in [0.3, 0.4) is 0 Å². The lowest BCUT2D eigenvalue weighted by molar-refractivity contribution is -0.385. The second-order valence-corrected chi connectivity index (χ2v) is 6.15. The van der Waals surface area contributed by atoms with Gasteiger partial charge in [-0.15, -0.1) is 0 Å². The molecule has 1 aromatic carbocycles. The summed E-state index contributed by atoms with van der Waals surface area (Å²) in [6.07, 6.45) is -1.36. The topological polar surface area (TPSA) is 130 Å². The molecule has 0 spiro atoms. The summed E-state index contributed by atoms with van der Waals surface area (Å²) in [6.45, 7) is 1.15. The summed E-state index contributed by atoms with van der Waals surface area (Å²) in [5.41, 5.74) is 4.06. The van der Waals surface area contributed by atoms with Gasteiger partial charge in [-0.1, -0.05) is 0 Å². The number of carbonyl (C=O) groups is 1. The molecule has 0 bridgehead atoms. The number of halogens is 2. The van der Waals surface area contributed by atoms with Crippen LogP contribution in [0.4, 0.5) is 10.1 Å². The highest BCUT2D eigenvalue weighted by molar-refractivity contribution is 8.13. The van der Waals surface area contributed by atoms with E-state index in [-0.39, 0.29) is 0 Å². The second kappa shape index (κ2) is 5.59. The molecule has 110 valence electrons. The van der Waals surface area contributed by atoms with Gasteiger partial charge in [0.25, 0.3) is 20.6 Å². The maximum Gasteiger partial charge on any atom is 0.273 e. The Kier molecular flexibility index (Phi) is 4.50. The highest BCUT2D eigenvalue weighted by Gasteiger charge is 2.27. The van der Waals surface area contributed by atoms with Gasteiger partial charge in [0.2, 0.25) is 0 Å². The first kappa shape index (κ1) is 16.1. The maximum absolute atomic E-state index is 13.7. The molecule has 0 saturated carbocycles. The number of nitrogens with zero attached hydrogens (tertiary/aromatic N) is 1. The van der Waals surface area contributed by atoms with Crippen LogP contribution in [0.5, 0.6) is 5.75 Å². The van der Waals surface area contributed by atoms with Crippen molar-refractivity contribution in [2.45, 2.75) is 17.9 Å². The van der Waals surface area contributed by atoms with Gasteiger partial charge < -0.3 is 10.5 Å². The molecule has 11 heteroatoms. The number of hydrogen-bond acceptors (Lipinski definition) is 6. The average Bonchev–Trinajstić information content (AvgIpc) is 2.29. The van der Waals surface area contributed by atoms with Crippen LogP contribution in [0.25, 0.3) is 0 Å². The molecule has 0 aromatic heterocycles. The Morgan fingerprint density at radius 2 is 2.10 bits per heavy atom. The highest BCUT2D eigenvalue weighted by Crippen LogP contribution is 2.34. The zero-order valence-corrected chi connectivity index (χ0v) is 11.4. The van der Waals surface area contributed by atoms with E-state index in [1.807, 2.05) is 0 Å². The summed E-state index contributed by atoms with van der Waals surface area (Å²) in [6, 6.07) is 0.961. The zero-order valence-electron chi connectivity index (χ0n) is 9.87. The molecule has 0 aliphatic heterocycles. The van der Waals surface area contributed by atoms with E-state index in [0.717, 1.165) is 6.92 Å². The molecule has 0 radical (unpaired) electrons. The molecule has 2 N–H and O–H groups in total. The lowest BCUT2D eigenvalue weighted by Gasteiger charge is -2.14. The van der Waals surface area contributed by atoms with Crippen molar-refractivity contribution in [1.82, 2.24) is 0 Å². The third kappa shape index (κ3) is 3.54. The molecule has 1 aromatic rings. The molecule has 1 rings (SSSR count). The minimum Gasteiger partial charge on any atom is -0.476 e. The minimum atomic E-state index is -4.53. The lowest BCUT2D eigenvalue weighted by atomic mass is 10.3. The Balaban J connectivity index is 3.50. The SMILES string of the molecule is CC(Oc1c(F)cc([N+](=O)[O-])cc1S(=O)(=O)Cl)C(N)=O. The molecular formula is C9H8ClFN2O6S. The summed E-state index contributed by atoms with van der Waals surface area (Å²) in [5, 5.41) is 10.6. The van der Waals surface area contributed by atoms with Crippen molar-refractivity contribution in [2.24, 2.45) is 5.73 Å². The summed E-state index contributed by atoms with van der Waals surface area (Å²) in [5.74, 6) is -3.25. The third-order valence-corrected chi connectivity index (χ3v) is 3.49. The number of hydrogen-bond donors (Lipinski definition) is 1. The van der Waals surface area contributed by atoms with Gasteiger partial charge in [0.15, 0.2) is 17.7 Å². The quantitative estimate of drug-likeness (QED) is 0.486. The van der Waals surface area contributed by atoms with Gasteiger partial charge in [0.05, 0.1) is 11.0 Å². The average molecular weight is 327 g/mol. The highest BCUT2D eigenvalue weighted by atomic mass is 35.7. The largest absolute Gasteiger partial charge is 0.476 e. The number of rotatable bonds is 5. The molecule has 20 heavy (non-hydrogen) atoms. The van der Waals surface area contributed by atoms with Crippen molar-refractivity contribution >= 4 is 31.3 Å². The molecule has 0 heterocycles. The summed E-state index contributed by atoms with van der Waals surface area (Å²) in [4.78, 5) is 19.4. The number of nitro benzene ring substituents is 1. The minimum absolute atomic E-state index is 0.439. The van der Waals surface area contributed by atoms with E-state index in [9.17, 15) is 27.7 Å². The number of nitrogens with two attached hydrogens (primary N) is 1. The number of ether oxygens (including phenoxy) is 1. The Morgan fingerprint density at radius 3 is 2.50 bits per heavy atom. The zero-order chi connectivity index (χ0) is 15.7. The molecule has 0 aliphatic rings. The van der Waals surface area contributed by atoms with Crippen molar-refractivity contribution < 1.29 is 27.3 Å². The maximum atomic E-state index is 13.7. The molecule has 1 unspecified atom stereocenters.